The summed E-state index contributed by atoms with van der Waals surface area (Å²) in [4.78, 5) is 22.5. The number of aryl methyl sites for hydroxylation is 2. The van der Waals surface area contributed by atoms with Crippen molar-refractivity contribution in [1.29, 1.82) is 0 Å². The van der Waals surface area contributed by atoms with Gasteiger partial charge in [0, 0.05) is 20.9 Å². The van der Waals surface area contributed by atoms with E-state index in [9.17, 15) is 9.59 Å². The highest BCUT2D eigenvalue weighted by Crippen LogP contribution is 2.24. The van der Waals surface area contributed by atoms with E-state index in [4.69, 9.17) is 0 Å². The van der Waals surface area contributed by atoms with Crippen LogP contribution in [0.4, 0.5) is 0 Å². The molecule has 0 spiro atoms. The van der Waals surface area contributed by atoms with Crippen LogP contribution in [0.5, 0.6) is 0 Å². The van der Waals surface area contributed by atoms with Gasteiger partial charge in [0.25, 0.3) is 0 Å². The molecule has 2 heterocycles. The lowest BCUT2D eigenvalue weighted by Gasteiger charge is -1.79. The van der Waals surface area contributed by atoms with Gasteiger partial charge in [-0.3, -0.25) is 9.59 Å². The summed E-state index contributed by atoms with van der Waals surface area (Å²) in [5.41, 5.74) is 1.60. The Labute approximate surface area is 116 Å². The van der Waals surface area contributed by atoms with Crippen molar-refractivity contribution >= 4 is 51.2 Å². The van der Waals surface area contributed by atoms with Gasteiger partial charge in [-0.2, -0.15) is 0 Å². The molecule has 0 N–H and O–H groups in total. The maximum Gasteiger partial charge on any atom is 0.151 e. The minimum Gasteiger partial charge on any atom is -0.298 e. The van der Waals surface area contributed by atoms with Gasteiger partial charge in [-0.15, -0.1) is 22.7 Å². The first-order valence-electron chi connectivity index (χ1n) is 4.79. The van der Waals surface area contributed by atoms with E-state index in [-0.39, 0.29) is 0 Å². The van der Waals surface area contributed by atoms with Gasteiger partial charge in [-0.05, 0) is 47.3 Å². The summed E-state index contributed by atoms with van der Waals surface area (Å²) < 4.78 is 1.02. The number of aldehydes is 2. The predicted octanol–water partition coefficient (Wildman–Crippen LogP) is 4.50. The fraction of sp³-hybridized carbons (Fsp3) is 0.167. The van der Waals surface area contributed by atoms with Crippen molar-refractivity contribution in [2.24, 2.45) is 0 Å². The van der Waals surface area contributed by atoms with Gasteiger partial charge in [0.2, 0.25) is 0 Å². The molecule has 0 aliphatic rings. The molecule has 0 unspecified atom stereocenters. The number of carbonyl (C=O) groups excluding carboxylic acids is 2. The third kappa shape index (κ3) is 4.18. The number of thiophene rings is 2. The summed E-state index contributed by atoms with van der Waals surface area (Å²) in [6.07, 6.45) is 1.75. The zero-order valence-corrected chi connectivity index (χ0v) is 12.6. The molecule has 17 heavy (non-hydrogen) atoms. The van der Waals surface area contributed by atoms with Gasteiger partial charge in [-0.1, -0.05) is 0 Å². The number of hydrogen-bond acceptors (Lipinski definition) is 4. The fourth-order valence-electron chi connectivity index (χ4n) is 1.09. The Kier molecular flexibility index (Phi) is 5.74. The Bertz CT molecular complexity index is 514. The summed E-state index contributed by atoms with van der Waals surface area (Å²) in [5.74, 6) is 0. The van der Waals surface area contributed by atoms with E-state index in [0.29, 0.717) is 0 Å². The lowest BCUT2D eigenvalue weighted by atomic mass is 10.3. The molecule has 2 aromatic heterocycles. The average molecular weight is 331 g/mol. The SMILES string of the molecule is Cc1sc(Br)cc1C=O.Cc1sccc1C=O. The maximum atomic E-state index is 10.2. The second-order valence-corrected chi connectivity index (χ2v) is 6.99. The van der Waals surface area contributed by atoms with Crippen LogP contribution in [0, 0.1) is 13.8 Å². The van der Waals surface area contributed by atoms with Crippen molar-refractivity contribution in [3.8, 4) is 0 Å². The summed E-state index contributed by atoms with van der Waals surface area (Å²) in [6, 6.07) is 3.65. The number of rotatable bonds is 2. The summed E-state index contributed by atoms with van der Waals surface area (Å²) >= 11 is 6.46. The fourth-order valence-corrected chi connectivity index (χ4v) is 3.44. The van der Waals surface area contributed by atoms with Crippen LogP contribution in [-0.4, -0.2) is 12.6 Å². The highest BCUT2D eigenvalue weighted by atomic mass is 79.9. The number of carbonyl (C=O) groups is 2. The molecule has 90 valence electrons. The summed E-state index contributed by atoms with van der Waals surface area (Å²) in [6.45, 7) is 3.87. The van der Waals surface area contributed by atoms with Gasteiger partial charge >= 0.3 is 0 Å². The van der Waals surface area contributed by atoms with Crippen LogP contribution in [0.3, 0.4) is 0 Å². The van der Waals surface area contributed by atoms with Crippen LogP contribution in [0.25, 0.3) is 0 Å². The van der Waals surface area contributed by atoms with Crippen LogP contribution in [0.1, 0.15) is 30.5 Å². The van der Waals surface area contributed by atoms with Crippen LogP contribution in [0.15, 0.2) is 21.3 Å². The Morgan fingerprint density at radius 3 is 2.00 bits per heavy atom. The van der Waals surface area contributed by atoms with Crippen LogP contribution in [0.2, 0.25) is 0 Å². The first-order chi connectivity index (χ1) is 8.08. The van der Waals surface area contributed by atoms with E-state index in [1.807, 2.05) is 31.4 Å². The van der Waals surface area contributed by atoms with Crippen molar-refractivity contribution in [3.05, 3.63) is 42.2 Å². The van der Waals surface area contributed by atoms with Gasteiger partial charge in [0.1, 0.15) is 0 Å². The quantitative estimate of drug-likeness (QED) is 0.759. The molecule has 0 radical (unpaired) electrons. The highest BCUT2D eigenvalue weighted by Gasteiger charge is 1.99. The third-order valence-corrected chi connectivity index (χ3v) is 4.51. The molecule has 0 amide bonds. The van der Waals surface area contributed by atoms with Crippen molar-refractivity contribution in [2.75, 3.05) is 0 Å². The zero-order valence-electron chi connectivity index (χ0n) is 9.40. The van der Waals surface area contributed by atoms with Gasteiger partial charge in [0.05, 0.1) is 3.79 Å². The van der Waals surface area contributed by atoms with Crippen LogP contribution in [-0.2, 0) is 0 Å². The van der Waals surface area contributed by atoms with Crippen molar-refractivity contribution in [1.82, 2.24) is 0 Å². The molecular weight excluding hydrogens is 320 g/mol. The smallest absolute Gasteiger partial charge is 0.151 e. The predicted molar refractivity (Wildman–Crippen MR) is 76.6 cm³/mol. The van der Waals surface area contributed by atoms with Crippen LogP contribution >= 0.6 is 38.6 Å². The summed E-state index contributed by atoms with van der Waals surface area (Å²) in [5, 5.41) is 1.92. The van der Waals surface area contributed by atoms with E-state index in [2.05, 4.69) is 15.9 Å². The lowest BCUT2D eigenvalue weighted by molar-refractivity contribution is 0.111. The second kappa shape index (κ2) is 6.83. The Balaban J connectivity index is 0.000000171. The first-order valence-corrected chi connectivity index (χ1v) is 7.27. The van der Waals surface area contributed by atoms with Crippen molar-refractivity contribution in [3.63, 3.8) is 0 Å². The Hall–Kier alpha value is -0.780. The molecule has 0 aliphatic heterocycles. The molecule has 2 aromatic rings. The molecule has 5 heteroatoms. The van der Waals surface area contributed by atoms with E-state index in [1.165, 1.54) is 0 Å². The van der Waals surface area contributed by atoms with E-state index < -0.39 is 0 Å². The Morgan fingerprint density at radius 2 is 1.76 bits per heavy atom. The van der Waals surface area contributed by atoms with Gasteiger partial charge in [0.15, 0.2) is 12.6 Å². The molecule has 0 atom stereocenters. The maximum absolute atomic E-state index is 10.2. The standard InChI is InChI=1S/C6H5BrOS.C6H6OS/c1-4-5(3-8)2-6(7)9-4;1-5-6(4-7)2-3-8-5/h2-3H,1H3;2-4H,1H3. The number of halogens is 1. The van der Waals surface area contributed by atoms with Gasteiger partial charge in [-0.25, -0.2) is 0 Å². The summed E-state index contributed by atoms with van der Waals surface area (Å²) in [7, 11) is 0. The minimum atomic E-state index is 0.784. The van der Waals surface area contributed by atoms with Crippen LogP contribution < -0.4 is 0 Å². The Morgan fingerprint density at radius 1 is 1.12 bits per heavy atom. The zero-order chi connectivity index (χ0) is 12.8. The second-order valence-electron chi connectivity index (χ2n) is 3.23. The average Bonchev–Trinajstić information content (AvgIpc) is 2.85. The molecule has 2 rings (SSSR count). The highest BCUT2D eigenvalue weighted by molar-refractivity contribution is 9.11. The van der Waals surface area contributed by atoms with Gasteiger partial charge < -0.3 is 0 Å². The largest absolute Gasteiger partial charge is 0.298 e. The third-order valence-electron chi connectivity index (χ3n) is 2.08. The molecule has 2 nitrogen and oxygen atoms in total. The minimum absolute atomic E-state index is 0.784. The van der Waals surface area contributed by atoms with Crippen molar-refractivity contribution in [2.45, 2.75) is 13.8 Å². The molecule has 0 saturated heterocycles. The number of hydrogen-bond donors (Lipinski definition) is 0. The van der Waals surface area contributed by atoms with E-state index >= 15 is 0 Å². The van der Waals surface area contributed by atoms with E-state index in [0.717, 1.165) is 37.2 Å². The molecule has 0 aromatic carbocycles. The molecule has 0 fully saturated rings. The topological polar surface area (TPSA) is 34.1 Å². The van der Waals surface area contributed by atoms with E-state index in [1.54, 1.807) is 22.7 Å². The monoisotopic (exact) mass is 330 g/mol. The first kappa shape index (κ1) is 14.3. The lowest BCUT2D eigenvalue weighted by Crippen LogP contribution is -1.73. The van der Waals surface area contributed by atoms with Crippen molar-refractivity contribution < 1.29 is 9.59 Å². The molecular formula is C12H11BrO2S2. The molecule has 0 aliphatic carbocycles. The molecule has 0 bridgehead atoms. The normalized spacial score (nSPS) is 9.35. The molecule has 0 saturated carbocycles.